The minimum absolute atomic E-state index is 0.223. The summed E-state index contributed by atoms with van der Waals surface area (Å²) in [6, 6.07) is 7.17. The molecule has 1 aliphatic carbocycles. The zero-order valence-corrected chi connectivity index (χ0v) is 12.9. The Kier molecular flexibility index (Phi) is 3.74. The lowest BCUT2D eigenvalue weighted by atomic mass is 9.83. The largest absolute Gasteiger partial charge is 0.497 e. The van der Waals surface area contributed by atoms with Crippen LogP contribution >= 0.6 is 0 Å². The number of nitrogens with one attached hydrogen (secondary N) is 1. The van der Waals surface area contributed by atoms with Crippen LogP contribution in [0.25, 0.3) is 0 Å². The van der Waals surface area contributed by atoms with Crippen molar-refractivity contribution in [3.05, 3.63) is 29.3 Å². The van der Waals surface area contributed by atoms with Crippen LogP contribution in [0.1, 0.15) is 43.9 Å². The van der Waals surface area contributed by atoms with Crippen molar-refractivity contribution in [3.63, 3.8) is 0 Å². The molecule has 0 bridgehead atoms. The van der Waals surface area contributed by atoms with Crippen molar-refractivity contribution < 1.29 is 4.74 Å². The van der Waals surface area contributed by atoms with E-state index in [1.54, 1.807) is 7.11 Å². The van der Waals surface area contributed by atoms with Gasteiger partial charge in [-0.15, -0.1) is 0 Å². The Morgan fingerprint density at radius 1 is 1.35 bits per heavy atom. The predicted octanol–water partition coefficient (Wildman–Crippen LogP) is 2.76. The molecule has 3 nitrogen and oxygen atoms in total. The number of ether oxygens (including phenoxy) is 1. The summed E-state index contributed by atoms with van der Waals surface area (Å²) < 4.78 is 5.44. The predicted molar refractivity (Wildman–Crippen MR) is 82.3 cm³/mol. The Labute approximate surface area is 122 Å². The molecule has 1 fully saturated rings. The number of hydrogen-bond acceptors (Lipinski definition) is 3. The number of hydrogen-bond donors (Lipinski definition) is 1. The Morgan fingerprint density at radius 3 is 2.95 bits per heavy atom. The molecule has 3 heteroatoms. The van der Waals surface area contributed by atoms with E-state index >= 15 is 0 Å². The molecule has 2 aliphatic rings. The van der Waals surface area contributed by atoms with Crippen LogP contribution in [-0.4, -0.2) is 37.2 Å². The van der Waals surface area contributed by atoms with Gasteiger partial charge in [0.1, 0.15) is 5.75 Å². The minimum Gasteiger partial charge on any atom is -0.497 e. The Hall–Kier alpha value is -1.06. The highest BCUT2D eigenvalue weighted by atomic mass is 16.5. The summed E-state index contributed by atoms with van der Waals surface area (Å²) in [6.45, 7) is 8.01. The summed E-state index contributed by atoms with van der Waals surface area (Å²) in [5.74, 6) is 0.989. The monoisotopic (exact) mass is 274 g/mol. The molecular formula is C17H26N2O. The van der Waals surface area contributed by atoms with Gasteiger partial charge in [-0.2, -0.15) is 0 Å². The van der Waals surface area contributed by atoms with Gasteiger partial charge in [0.2, 0.25) is 0 Å². The van der Waals surface area contributed by atoms with Crippen molar-refractivity contribution in [2.75, 3.05) is 26.7 Å². The lowest BCUT2D eigenvalue weighted by Gasteiger charge is -2.49. The van der Waals surface area contributed by atoms with Crippen LogP contribution in [0.15, 0.2) is 18.2 Å². The zero-order valence-electron chi connectivity index (χ0n) is 12.9. The van der Waals surface area contributed by atoms with E-state index in [9.17, 15) is 0 Å². The average molecular weight is 274 g/mol. The molecule has 0 aromatic heterocycles. The first kappa shape index (κ1) is 13.9. The molecule has 1 aromatic carbocycles. The van der Waals surface area contributed by atoms with Crippen LogP contribution < -0.4 is 10.1 Å². The van der Waals surface area contributed by atoms with Gasteiger partial charge in [0.25, 0.3) is 0 Å². The highest BCUT2D eigenvalue weighted by Gasteiger charge is 2.37. The molecule has 1 N–H and O–H groups in total. The molecule has 1 aromatic rings. The van der Waals surface area contributed by atoms with Crippen molar-refractivity contribution >= 4 is 0 Å². The third kappa shape index (κ3) is 2.45. The maximum atomic E-state index is 5.44. The average Bonchev–Trinajstić information content (AvgIpc) is 2.46. The Balaban J connectivity index is 1.96. The molecule has 1 saturated heterocycles. The van der Waals surface area contributed by atoms with E-state index in [2.05, 4.69) is 42.3 Å². The minimum atomic E-state index is 0.223. The molecule has 20 heavy (non-hydrogen) atoms. The second kappa shape index (κ2) is 5.38. The molecule has 1 aliphatic heterocycles. The van der Waals surface area contributed by atoms with Gasteiger partial charge in [0.05, 0.1) is 7.11 Å². The van der Waals surface area contributed by atoms with Crippen molar-refractivity contribution in [1.82, 2.24) is 10.2 Å². The van der Waals surface area contributed by atoms with Crippen molar-refractivity contribution in [2.45, 2.75) is 44.7 Å². The Morgan fingerprint density at radius 2 is 2.20 bits per heavy atom. The molecule has 1 atom stereocenters. The maximum absolute atomic E-state index is 5.44. The van der Waals surface area contributed by atoms with Gasteiger partial charge < -0.3 is 10.1 Å². The normalized spacial score (nSPS) is 26.1. The van der Waals surface area contributed by atoms with Gasteiger partial charge in [0, 0.05) is 31.2 Å². The van der Waals surface area contributed by atoms with Crippen molar-refractivity contribution in [3.8, 4) is 5.75 Å². The summed E-state index contributed by atoms with van der Waals surface area (Å²) in [6.07, 6.45) is 3.77. The van der Waals surface area contributed by atoms with E-state index in [0.29, 0.717) is 6.04 Å². The second-order valence-corrected chi connectivity index (χ2v) is 6.66. The molecule has 0 radical (unpaired) electrons. The van der Waals surface area contributed by atoms with Crippen LogP contribution in [0, 0.1) is 0 Å². The smallest absolute Gasteiger partial charge is 0.119 e. The highest BCUT2D eigenvalue weighted by molar-refractivity contribution is 5.39. The summed E-state index contributed by atoms with van der Waals surface area (Å²) in [4.78, 5) is 2.70. The van der Waals surface area contributed by atoms with Crippen LogP contribution in [0.4, 0.5) is 0 Å². The number of aryl methyl sites for hydroxylation is 1. The van der Waals surface area contributed by atoms with Crippen molar-refractivity contribution in [1.29, 1.82) is 0 Å². The van der Waals surface area contributed by atoms with E-state index in [0.717, 1.165) is 25.4 Å². The summed E-state index contributed by atoms with van der Waals surface area (Å²) in [5.41, 5.74) is 3.22. The van der Waals surface area contributed by atoms with Crippen LogP contribution in [0.5, 0.6) is 5.75 Å². The molecular weight excluding hydrogens is 248 g/mol. The first-order valence-corrected chi connectivity index (χ1v) is 7.76. The number of fused-ring (bicyclic) bond motifs is 1. The highest BCUT2D eigenvalue weighted by Crippen LogP contribution is 2.39. The third-order valence-corrected chi connectivity index (χ3v) is 4.88. The van der Waals surface area contributed by atoms with Crippen LogP contribution in [-0.2, 0) is 6.42 Å². The molecule has 1 unspecified atom stereocenters. The second-order valence-electron chi connectivity index (χ2n) is 6.66. The fourth-order valence-electron chi connectivity index (χ4n) is 3.78. The lowest BCUT2D eigenvalue weighted by molar-refractivity contribution is 0.0364. The fourth-order valence-corrected chi connectivity index (χ4v) is 3.78. The van der Waals surface area contributed by atoms with E-state index < -0.39 is 0 Å². The summed E-state index contributed by atoms with van der Waals surface area (Å²) >= 11 is 0. The first-order valence-electron chi connectivity index (χ1n) is 7.76. The number of nitrogens with zero attached hydrogens (tertiary/aromatic N) is 1. The third-order valence-electron chi connectivity index (χ3n) is 4.88. The molecule has 0 saturated carbocycles. The zero-order chi connectivity index (χ0) is 14.2. The number of benzene rings is 1. The topological polar surface area (TPSA) is 24.5 Å². The molecule has 3 rings (SSSR count). The first-order chi connectivity index (χ1) is 9.62. The SMILES string of the molecule is COc1ccc2c(c1)C(N1CCNCC1(C)C)CCC2. The van der Waals surface area contributed by atoms with E-state index in [4.69, 9.17) is 4.74 Å². The summed E-state index contributed by atoms with van der Waals surface area (Å²) in [5, 5.41) is 3.52. The maximum Gasteiger partial charge on any atom is 0.119 e. The van der Waals surface area contributed by atoms with Gasteiger partial charge in [-0.3, -0.25) is 4.90 Å². The van der Waals surface area contributed by atoms with Gasteiger partial charge in [0.15, 0.2) is 0 Å². The van der Waals surface area contributed by atoms with E-state index in [1.165, 1.54) is 30.4 Å². The van der Waals surface area contributed by atoms with Gasteiger partial charge in [-0.1, -0.05) is 6.07 Å². The number of rotatable bonds is 2. The van der Waals surface area contributed by atoms with Crippen LogP contribution in [0.3, 0.4) is 0 Å². The molecule has 1 heterocycles. The van der Waals surface area contributed by atoms with E-state index in [-0.39, 0.29) is 5.54 Å². The molecule has 0 spiro atoms. The van der Waals surface area contributed by atoms with Crippen molar-refractivity contribution in [2.24, 2.45) is 0 Å². The molecule has 0 amide bonds. The Bertz CT molecular complexity index is 484. The van der Waals surface area contributed by atoms with Gasteiger partial charge >= 0.3 is 0 Å². The fraction of sp³-hybridized carbons (Fsp3) is 0.647. The van der Waals surface area contributed by atoms with E-state index in [1.807, 2.05) is 0 Å². The quantitative estimate of drug-likeness (QED) is 0.897. The molecule has 110 valence electrons. The standard InChI is InChI=1S/C17H26N2O/c1-17(2)12-18-9-10-19(17)16-6-4-5-13-7-8-14(20-3)11-15(13)16/h7-8,11,16,18H,4-6,9-10,12H2,1-3H3. The summed E-state index contributed by atoms with van der Waals surface area (Å²) in [7, 11) is 1.76. The number of methoxy groups -OCH3 is 1. The van der Waals surface area contributed by atoms with Crippen LogP contribution in [0.2, 0.25) is 0 Å². The number of piperazine rings is 1. The van der Waals surface area contributed by atoms with Gasteiger partial charge in [-0.25, -0.2) is 0 Å². The van der Waals surface area contributed by atoms with Gasteiger partial charge in [-0.05, 0) is 56.4 Å². The lowest BCUT2D eigenvalue weighted by Crippen LogP contribution is -2.59.